The second-order valence-corrected chi connectivity index (χ2v) is 8.50. The summed E-state index contributed by atoms with van der Waals surface area (Å²) in [5, 5.41) is 11.3. The maximum Gasteiger partial charge on any atom is 0.130 e. The van der Waals surface area contributed by atoms with E-state index in [1.807, 2.05) is 24.3 Å². The lowest BCUT2D eigenvalue weighted by atomic mass is 9.84. The molecule has 0 amide bonds. The van der Waals surface area contributed by atoms with Crippen molar-refractivity contribution in [3.8, 4) is 11.5 Å². The molecule has 2 heterocycles. The monoisotopic (exact) mass is 382 g/mol. The predicted octanol–water partition coefficient (Wildman–Crippen LogP) is 5.53. The highest BCUT2D eigenvalue weighted by molar-refractivity contribution is 7.18. The summed E-state index contributed by atoms with van der Waals surface area (Å²) in [6, 6.07) is 9.97. The Morgan fingerprint density at radius 2 is 2.00 bits per heavy atom. The molecule has 5 heteroatoms. The van der Waals surface area contributed by atoms with Crippen LogP contribution in [0.4, 0.5) is 0 Å². The minimum atomic E-state index is -0.173. The van der Waals surface area contributed by atoms with E-state index < -0.39 is 0 Å². The highest BCUT2D eigenvalue weighted by atomic mass is 32.1. The number of aromatic nitrogens is 2. The zero-order valence-electron chi connectivity index (χ0n) is 15.7. The number of fused-ring (bicyclic) bond motifs is 1. The second-order valence-electron chi connectivity index (χ2n) is 7.39. The van der Waals surface area contributed by atoms with Crippen molar-refractivity contribution in [2.45, 2.75) is 58.0 Å². The second kappa shape index (κ2) is 8.36. The van der Waals surface area contributed by atoms with E-state index >= 15 is 0 Å². The average Bonchev–Trinajstić information content (AvgIpc) is 3.06. The van der Waals surface area contributed by atoms with Crippen molar-refractivity contribution < 1.29 is 9.84 Å². The van der Waals surface area contributed by atoms with Gasteiger partial charge < -0.3 is 9.84 Å². The summed E-state index contributed by atoms with van der Waals surface area (Å²) in [5.74, 6) is 2.00. The summed E-state index contributed by atoms with van der Waals surface area (Å²) in [6.45, 7) is 2.15. The zero-order valence-corrected chi connectivity index (χ0v) is 16.5. The van der Waals surface area contributed by atoms with E-state index in [2.05, 4.69) is 18.0 Å². The molecule has 1 N–H and O–H groups in total. The number of aliphatic hydroxyl groups is 1. The van der Waals surface area contributed by atoms with Crippen LogP contribution >= 0.6 is 11.3 Å². The van der Waals surface area contributed by atoms with Crippen LogP contribution in [0.25, 0.3) is 10.2 Å². The lowest BCUT2D eigenvalue weighted by molar-refractivity contribution is 0.0700. The Kier molecular flexibility index (Phi) is 5.69. The maximum atomic E-state index is 10.2. The van der Waals surface area contributed by atoms with E-state index in [9.17, 15) is 5.11 Å². The van der Waals surface area contributed by atoms with Crippen LogP contribution in [0.15, 0.2) is 36.5 Å². The topological polar surface area (TPSA) is 55.2 Å². The van der Waals surface area contributed by atoms with Crippen molar-refractivity contribution in [3.63, 3.8) is 0 Å². The molecule has 2 atom stereocenters. The van der Waals surface area contributed by atoms with Crippen molar-refractivity contribution in [1.82, 2.24) is 9.97 Å². The number of nitrogens with zero attached hydrogens (tertiary/aromatic N) is 2. The fraction of sp³-hybridized carbons (Fsp3) is 0.455. The van der Waals surface area contributed by atoms with Crippen molar-refractivity contribution in [1.29, 1.82) is 0 Å². The maximum absolute atomic E-state index is 10.2. The van der Waals surface area contributed by atoms with Crippen LogP contribution in [-0.4, -0.2) is 21.2 Å². The number of ether oxygens (including phenoxy) is 1. The van der Waals surface area contributed by atoms with Gasteiger partial charge in [0.2, 0.25) is 0 Å². The molecular weight excluding hydrogens is 356 g/mol. The largest absolute Gasteiger partial charge is 0.457 e. The first kappa shape index (κ1) is 18.4. The molecule has 1 saturated carbocycles. The Balaban J connectivity index is 1.49. The van der Waals surface area contributed by atoms with Gasteiger partial charge in [0, 0.05) is 30.4 Å². The third-order valence-corrected chi connectivity index (χ3v) is 6.28. The SMILES string of the molecule is CCCc1cc(Oc2ccc3nc(C[C@@H]4CCCC[C@H]4O)sc3c2)ccn1. The quantitative estimate of drug-likeness (QED) is 0.609. The lowest BCUT2D eigenvalue weighted by Gasteiger charge is -2.26. The molecule has 1 aliphatic rings. The minimum absolute atomic E-state index is 0.173. The molecule has 0 unspecified atom stereocenters. The van der Waals surface area contributed by atoms with Crippen LogP contribution in [-0.2, 0) is 12.8 Å². The van der Waals surface area contributed by atoms with Gasteiger partial charge in [-0.05, 0) is 43.4 Å². The average molecular weight is 383 g/mol. The number of pyridine rings is 1. The van der Waals surface area contributed by atoms with Crippen LogP contribution in [0.2, 0.25) is 0 Å². The van der Waals surface area contributed by atoms with Crippen molar-refractivity contribution in [3.05, 3.63) is 47.2 Å². The highest BCUT2D eigenvalue weighted by Crippen LogP contribution is 2.33. The standard InChI is InChI=1S/C22H26N2O2S/c1-2-5-16-13-18(10-11-23-16)26-17-8-9-19-21(14-17)27-22(24-19)12-15-6-3-4-7-20(15)25/h8-11,13-15,20,25H,2-7,12H2,1H3/t15-,20+/m0/s1. The zero-order chi connectivity index (χ0) is 18.6. The molecule has 1 aromatic carbocycles. The molecule has 142 valence electrons. The summed E-state index contributed by atoms with van der Waals surface area (Å²) in [5.41, 5.74) is 2.07. The lowest BCUT2D eigenvalue weighted by Crippen LogP contribution is -2.26. The van der Waals surface area contributed by atoms with Gasteiger partial charge in [0.05, 0.1) is 21.3 Å². The van der Waals surface area contributed by atoms with Gasteiger partial charge in [-0.3, -0.25) is 4.98 Å². The van der Waals surface area contributed by atoms with Crippen molar-refractivity contribution in [2.24, 2.45) is 5.92 Å². The van der Waals surface area contributed by atoms with E-state index in [1.165, 1.54) is 6.42 Å². The van der Waals surface area contributed by atoms with Gasteiger partial charge in [0.15, 0.2) is 0 Å². The van der Waals surface area contributed by atoms with E-state index in [0.29, 0.717) is 5.92 Å². The Morgan fingerprint density at radius 3 is 2.85 bits per heavy atom. The van der Waals surface area contributed by atoms with Crippen LogP contribution in [0.1, 0.15) is 49.7 Å². The molecule has 4 rings (SSSR count). The third-order valence-electron chi connectivity index (χ3n) is 5.24. The van der Waals surface area contributed by atoms with Gasteiger partial charge >= 0.3 is 0 Å². The van der Waals surface area contributed by atoms with E-state index in [-0.39, 0.29) is 6.10 Å². The summed E-state index contributed by atoms with van der Waals surface area (Å²) in [6.07, 6.45) is 8.94. The normalized spacial score (nSPS) is 20.1. The Morgan fingerprint density at radius 1 is 1.15 bits per heavy atom. The summed E-state index contributed by atoms with van der Waals surface area (Å²) >= 11 is 1.71. The fourth-order valence-electron chi connectivity index (χ4n) is 3.80. The summed E-state index contributed by atoms with van der Waals surface area (Å²) in [4.78, 5) is 9.15. The fourth-order valence-corrected chi connectivity index (χ4v) is 4.89. The number of rotatable bonds is 6. The van der Waals surface area contributed by atoms with E-state index in [0.717, 1.165) is 70.9 Å². The molecule has 3 aromatic rings. The van der Waals surface area contributed by atoms with E-state index in [1.54, 1.807) is 17.5 Å². The van der Waals surface area contributed by atoms with Gasteiger partial charge in [-0.25, -0.2) is 4.98 Å². The first-order valence-corrected chi connectivity index (χ1v) is 10.7. The van der Waals surface area contributed by atoms with Gasteiger partial charge in [-0.2, -0.15) is 0 Å². The Bertz CT molecular complexity index is 908. The molecule has 0 spiro atoms. The first-order valence-electron chi connectivity index (χ1n) is 9.91. The van der Waals surface area contributed by atoms with Gasteiger partial charge in [-0.1, -0.05) is 26.2 Å². The minimum Gasteiger partial charge on any atom is -0.457 e. The number of aliphatic hydroxyl groups excluding tert-OH is 1. The Labute approximate surface area is 164 Å². The molecule has 27 heavy (non-hydrogen) atoms. The smallest absolute Gasteiger partial charge is 0.130 e. The summed E-state index contributed by atoms with van der Waals surface area (Å²) in [7, 11) is 0. The van der Waals surface area contributed by atoms with Gasteiger partial charge in [0.1, 0.15) is 11.5 Å². The van der Waals surface area contributed by atoms with Crippen LogP contribution in [0.5, 0.6) is 11.5 Å². The van der Waals surface area contributed by atoms with Crippen LogP contribution < -0.4 is 4.74 Å². The van der Waals surface area contributed by atoms with Crippen LogP contribution in [0, 0.1) is 5.92 Å². The molecule has 0 bridgehead atoms. The van der Waals surface area contributed by atoms with E-state index in [4.69, 9.17) is 9.72 Å². The number of benzene rings is 1. The van der Waals surface area contributed by atoms with Crippen molar-refractivity contribution >= 4 is 21.6 Å². The van der Waals surface area contributed by atoms with Gasteiger partial charge in [-0.15, -0.1) is 11.3 Å². The molecule has 1 aliphatic carbocycles. The first-order chi connectivity index (χ1) is 13.2. The molecule has 4 nitrogen and oxygen atoms in total. The van der Waals surface area contributed by atoms with Crippen LogP contribution in [0.3, 0.4) is 0 Å². The highest BCUT2D eigenvalue weighted by Gasteiger charge is 2.24. The van der Waals surface area contributed by atoms with Gasteiger partial charge in [0.25, 0.3) is 0 Å². The number of thiazole rings is 1. The third kappa shape index (κ3) is 4.47. The molecule has 0 radical (unpaired) electrons. The number of hydrogen-bond acceptors (Lipinski definition) is 5. The summed E-state index contributed by atoms with van der Waals surface area (Å²) < 4.78 is 7.18. The number of hydrogen-bond donors (Lipinski definition) is 1. The van der Waals surface area contributed by atoms with Crippen molar-refractivity contribution in [2.75, 3.05) is 0 Å². The number of aryl methyl sites for hydroxylation is 1. The molecule has 1 fully saturated rings. The molecule has 0 aliphatic heterocycles. The Hall–Kier alpha value is -1.98. The molecular formula is C22H26N2O2S. The predicted molar refractivity (Wildman–Crippen MR) is 110 cm³/mol. The molecule has 0 saturated heterocycles. The molecule has 2 aromatic heterocycles.